The lowest BCUT2D eigenvalue weighted by atomic mass is 9.78. The first-order chi connectivity index (χ1) is 13.0. The van der Waals surface area contributed by atoms with E-state index >= 15 is 0 Å². The molecule has 1 spiro atoms. The van der Waals surface area contributed by atoms with Crippen molar-refractivity contribution in [2.24, 2.45) is 5.41 Å². The molecular formula is C21H24N2O4. The predicted molar refractivity (Wildman–Crippen MR) is 102 cm³/mol. The van der Waals surface area contributed by atoms with Crippen LogP contribution in [-0.2, 0) is 4.79 Å². The standard InChI is InChI=1S/C21H24N2O4/c1-2-10-22-11-5-8-21(20(22)26)9-12-23(14-21)19(25)18-13-16(24)15-6-3-4-7-17(15)27-18/h3-4,6-7,13H,2,5,8-12,14H2,1H3. The van der Waals surface area contributed by atoms with Crippen molar-refractivity contribution in [2.45, 2.75) is 32.6 Å². The van der Waals surface area contributed by atoms with Crippen LogP contribution in [0.1, 0.15) is 43.2 Å². The number of fused-ring (bicyclic) bond motifs is 1. The zero-order valence-electron chi connectivity index (χ0n) is 15.6. The maximum Gasteiger partial charge on any atom is 0.289 e. The first kappa shape index (κ1) is 17.8. The summed E-state index contributed by atoms with van der Waals surface area (Å²) in [4.78, 5) is 41.8. The van der Waals surface area contributed by atoms with Gasteiger partial charge in [0.1, 0.15) is 5.58 Å². The fraction of sp³-hybridized carbons (Fsp3) is 0.476. The Morgan fingerprint density at radius 3 is 2.81 bits per heavy atom. The molecule has 0 saturated carbocycles. The number of carbonyl (C=O) groups is 2. The van der Waals surface area contributed by atoms with Crippen LogP contribution >= 0.6 is 0 Å². The van der Waals surface area contributed by atoms with Gasteiger partial charge in [-0.25, -0.2) is 0 Å². The summed E-state index contributed by atoms with van der Waals surface area (Å²) < 4.78 is 5.69. The summed E-state index contributed by atoms with van der Waals surface area (Å²) in [6.07, 6.45) is 3.40. The van der Waals surface area contributed by atoms with E-state index < -0.39 is 5.41 Å². The van der Waals surface area contributed by atoms with E-state index in [1.165, 1.54) is 6.07 Å². The van der Waals surface area contributed by atoms with E-state index in [0.717, 1.165) is 32.4 Å². The third-order valence-corrected chi connectivity index (χ3v) is 5.80. The number of likely N-dealkylation sites (tertiary alicyclic amines) is 2. The molecule has 2 aliphatic heterocycles. The molecule has 1 atom stereocenters. The van der Waals surface area contributed by atoms with E-state index in [-0.39, 0.29) is 23.0 Å². The molecule has 2 amide bonds. The lowest BCUT2D eigenvalue weighted by molar-refractivity contribution is -0.145. The van der Waals surface area contributed by atoms with Crippen molar-refractivity contribution in [3.8, 4) is 0 Å². The maximum atomic E-state index is 13.0. The molecule has 6 heteroatoms. The van der Waals surface area contributed by atoms with Gasteiger partial charge in [-0.2, -0.15) is 0 Å². The van der Waals surface area contributed by atoms with Gasteiger partial charge in [0.25, 0.3) is 5.91 Å². The topological polar surface area (TPSA) is 70.8 Å². The molecular weight excluding hydrogens is 344 g/mol. The smallest absolute Gasteiger partial charge is 0.289 e. The van der Waals surface area contributed by atoms with Gasteiger partial charge in [-0.05, 0) is 37.8 Å². The summed E-state index contributed by atoms with van der Waals surface area (Å²) >= 11 is 0. The average molecular weight is 368 g/mol. The van der Waals surface area contributed by atoms with E-state index in [0.29, 0.717) is 30.5 Å². The number of hydrogen-bond acceptors (Lipinski definition) is 4. The van der Waals surface area contributed by atoms with E-state index in [1.807, 2.05) is 4.90 Å². The highest BCUT2D eigenvalue weighted by atomic mass is 16.3. The Morgan fingerprint density at radius 2 is 2.00 bits per heavy atom. The fourth-order valence-corrected chi connectivity index (χ4v) is 4.43. The minimum Gasteiger partial charge on any atom is -0.451 e. The van der Waals surface area contributed by atoms with Gasteiger partial charge in [-0.1, -0.05) is 19.1 Å². The average Bonchev–Trinajstić information content (AvgIpc) is 3.10. The van der Waals surface area contributed by atoms with Crippen molar-refractivity contribution in [2.75, 3.05) is 26.2 Å². The highest BCUT2D eigenvalue weighted by Gasteiger charge is 2.49. The second-order valence-corrected chi connectivity index (χ2v) is 7.62. The predicted octanol–water partition coefficient (Wildman–Crippen LogP) is 2.66. The quantitative estimate of drug-likeness (QED) is 0.835. The summed E-state index contributed by atoms with van der Waals surface area (Å²) in [6.45, 7) is 4.57. The Morgan fingerprint density at radius 1 is 1.19 bits per heavy atom. The fourth-order valence-electron chi connectivity index (χ4n) is 4.43. The molecule has 0 aliphatic carbocycles. The first-order valence-electron chi connectivity index (χ1n) is 9.66. The summed E-state index contributed by atoms with van der Waals surface area (Å²) in [6, 6.07) is 8.17. The summed E-state index contributed by atoms with van der Waals surface area (Å²) in [7, 11) is 0. The molecule has 2 fully saturated rings. The molecule has 0 bridgehead atoms. The zero-order valence-corrected chi connectivity index (χ0v) is 15.6. The second-order valence-electron chi connectivity index (χ2n) is 7.62. The molecule has 2 saturated heterocycles. The minimum atomic E-state index is -0.472. The minimum absolute atomic E-state index is 0.0458. The van der Waals surface area contributed by atoms with E-state index in [4.69, 9.17) is 4.42 Å². The third-order valence-electron chi connectivity index (χ3n) is 5.80. The molecule has 0 radical (unpaired) electrons. The third kappa shape index (κ3) is 3.03. The first-order valence-corrected chi connectivity index (χ1v) is 9.66. The number of benzene rings is 1. The van der Waals surface area contributed by atoms with Crippen LogP contribution in [0.2, 0.25) is 0 Å². The van der Waals surface area contributed by atoms with Gasteiger partial charge in [-0.15, -0.1) is 0 Å². The number of amides is 2. The van der Waals surface area contributed by atoms with Crippen LogP contribution in [0, 0.1) is 5.41 Å². The van der Waals surface area contributed by atoms with E-state index in [1.54, 1.807) is 29.2 Å². The normalized spacial score (nSPS) is 22.8. The highest BCUT2D eigenvalue weighted by molar-refractivity contribution is 5.94. The van der Waals surface area contributed by atoms with Crippen LogP contribution in [-0.4, -0.2) is 47.8 Å². The molecule has 0 N–H and O–H groups in total. The van der Waals surface area contributed by atoms with E-state index in [9.17, 15) is 14.4 Å². The molecule has 1 aromatic carbocycles. The van der Waals surface area contributed by atoms with Gasteiger partial charge >= 0.3 is 0 Å². The van der Waals surface area contributed by atoms with Gasteiger partial charge in [-0.3, -0.25) is 14.4 Å². The monoisotopic (exact) mass is 368 g/mol. The number of carbonyl (C=O) groups excluding carboxylic acids is 2. The number of rotatable bonds is 3. The van der Waals surface area contributed by atoms with Crippen molar-refractivity contribution in [3.63, 3.8) is 0 Å². The van der Waals surface area contributed by atoms with Crippen molar-refractivity contribution in [3.05, 3.63) is 46.3 Å². The Labute approximate surface area is 157 Å². The Kier molecular flexibility index (Phi) is 4.50. The van der Waals surface area contributed by atoms with Crippen LogP contribution in [0.25, 0.3) is 11.0 Å². The van der Waals surface area contributed by atoms with Gasteiger partial charge in [0.2, 0.25) is 5.91 Å². The summed E-state index contributed by atoms with van der Waals surface area (Å²) in [5.41, 5.74) is -0.290. The Balaban J connectivity index is 1.58. The lowest BCUT2D eigenvalue weighted by Gasteiger charge is -2.39. The van der Waals surface area contributed by atoms with Gasteiger partial charge in [0.05, 0.1) is 10.8 Å². The number of para-hydroxylation sites is 1. The van der Waals surface area contributed by atoms with Crippen LogP contribution < -0.4 is 5.43 Å². The van der Waals surface area contributed by atoms with E-state index in [2.05, 4.69) is 6.92 Å². The van der Waals surface area contributed by atoms with Crippen LogP contribution in [0.3, 0.4) is 0 Å². The van der Waals surface area contributed by atoms with Crippen molar-refractivity contribution in [1.29, 1.82) is 0 Å². The molecule has 3 heterocycles. The van der Waals surface area contributed by atoms with Crippen LogP contribution in [0.5, 0.6) is 0 Å². The largest absolute Gasteiger partial charge is 0.451 e. The molecule has 142 valence electrons. The number of piperidine rings is 1. The highest BCUT2D eigenvalue weighted by Crippen LogP contribution is 2.40. The maximum absolute atomic E-state index is 13.0. The van der Waals surface area contributed by atoms with Crippen LogP contribution in [0.15, 0.2) is 39.5 Å². The Hall–Kier alpha value is -2.63. The molecule has 1 aromatic heterocycles. The van der Waals surface area contributed by atoms with Crippen molar-refractivity contribution >= 4 is 22.8 Å². The second kappa shape index (κ2) is 6.83. The summed E-state index contributed by atoms with van der Waals surface area (Å²) in [5.74, 6) is -0.0922. The Bertz CT molecular complexity index is 949. The zero-order chi connectivity index (χ0) is 19.0. The number of nitrogens with zero attached hydrogens (tertiary/aromatic N) is 2. The molecule has 1 unspecified atom stereocenters. The molecule has 4 rings (SSSR count). The van der Waals surface area contributed by atoms with Crippen molar-refractivity contribution < 1.29 is 14.0 Å². The number of hydrogen-bond donors (Lipinski definition) is 0. The lowest BCUT2D eigenvalue weighted by Crippen LogP contribution is -2.50. The SMILES string of the molecule is CCCN1CCCC2(CCN(C(=O)c3cc(=O)c4ccccc4o3)C2)C1=O. The molecule has 6 nitrogen and oxygen atoms in total. The molecule has 2 aromatic rings. The molecule has 27 heavy (non-hydrogen) atoms. The summed E-state index contributed by atoms with van der Waals surface area (Å²) in [5, 5.41) is 0.463. The van der Waals surface area contributed by atoms with Gasteiger partial charge in [0, 0.05) is 32.2 Å². The molecule has 2 aliphatic rings. The van der Waals surface area contributed by atoms with Gasteiger partial charge < -0.3 is 14.2 Å². The van der Waals surface area contributed by atoms with Crippen molar-refractivity contribution in [1.82, 2.24) is 9.80 Å². The van der Waals surface area contributed by atoms with Crippen LogP contribution in [0.4, 0.5) is 0 Å². The van der Waals surface area contributed by atoms with Gasteiger partial charge in [0.15, 0.2) is 11.2 Å².